The SMILES string of the molecule is OCc1c(Sc2ncccn2)nc2ccccn12. The van der Waals surface area contributed by atoms with Gasteiger partial charge in [-0.15, -0.1) is 0 Å². The topological polar surface area (TPSA) is 63.3 Å². The number of hydrogen-bond donors (Lipinski definition) is 1. The Morgan fingerprint density at radius 2 is 2.00 bits per heavy atom. The molecular formula is C12H10N4OS. The highest BCUT2D eigenvalue weighted by atomic mass is 32.2. The van der Waals surface area contributed by atoms with Crippen molar-refractivity contribution in [3.63, 3.8) is 0 Å². The Balaban J connectivity index is 2.06. The maximum absolute atomic E-state index is 9.47. The summed E-state index contributed by atoms with van der Waals surface area (Å²) in [5.74, 6) is 0. The lowest BCUT2D eigenvalue weighted by Gasteiger charge is -1.99. The number of rotatable bonds is 3. The van der Waals surface area contributed by atoms with Crippen LogP contribution in [0.3, 0.4) is 0 Å². The van der Waals surface area contributed by atoms with Crippen molar-refractivity contribution in [3.8, 4) is 0 Å². The molecule has 3 heterocycles. The second-order valence-electron chi connectivity index (χ2n) is 3.58. The third-order valence-corrected chi connectivity index (χ3v) is 3.39. The van der Waals surface area contributed by atoms with Crippen LogP contribution in [0.25, 0.3) is 5.65 Å². The number of nitrogens with zero attached hydrogens (tertiary/aromatic N) is 4. The molecule has 6 heteroatoms. The number of fused-ring (bicyclic) bond motifs is 1. The monoisotopic (exact) mass is 258 g/mol. The minimum atomic E-state index is -0.0691. The molecule has 0 bridgehead atoms. The van der Waals surface area contributed by atoms with Crippen molar-refractivity contribution in [1.82, 2.24) is 19.4 Å². The Bertz CT molecular complexity index is 668. The first-order chi connectivity index (χ1) is 8.88. The van der Waals surface area contributed by atoms with Gasteiger partial charge < -0.3 is 9.51 Å². The number of aromatic nitrogens is 4. The van der Waals surface area contributed by atoms with E-state index in [0.29, 0.717) is 5.16 Å². The van der Waals surface area contributed by atoms with Crippen LogP contribution < -0.4 is 0 Å². The quantitative estimate of drug-likeness (QED) is 0.725. The molecule has 0 saturated carbocycles. The summed E-state index contributed by atoms with van der Waals surface area (Å²) in [6, 6.07) is 7.48. The molecule has 0 saturated heterocycles. The van der Waals surface area contributed by atoms with E-state index in [4.69, 9.17) is 0 Å². The molecule has 0 aromatic carbocycles. The van der Waals surface area contributed by atoms with Crippen molar-refractivity contribution in [2.24, 2.45) is 0 Å². The van der Waals surface area contributed by atoms with Gasteiger partial charge in [-0.3, -0.25) is 0 Å². The van der Waals surface area contributed by atoms with E-state index < -0.39 is 0 Å². The lowest BCUT2D eigenvalue weighted by molar-refractivity contribution is 0.272. The van der Waals surface area contributed by atoms with Crippen molar-refractivity contribution in [3.05, 3.63) is 48.5 Å². The van der Waals surface area contributed by atoms with Gasteiger partial charge in [0.15, 0.2) is 5.16 Å². The van der Waals surface area contributed by atoms with Gasteiger partial charge in [0, 0.05) is 18.6 Å². The molecule has 0 unspecified atom stereocenters. The first-order valence-corrected chi connectivity index (χ1v) is 6.22. The van der Waals surface area contributed by atoms with Gasteiger partial charge in [0.2, 0.25) is 0 Å². The summed E-state index contributed by atoms with van der Waals surface area (Å²) >= 11 is 1.35. The van der Waals surface area contributed by atoms with Gasteiger partial charge in [-0.05, 0) is 30.0 Å². The van der Waals surface area contributed by atoms with E-state index in [2.05, 4.69) is 15.0 Å². The van der Waals surface area contributed by atoms with Crippen molar-refractivity contribution in [2.45, 2.75) is 16.8 Å². The normalized spacial score (nSPS) is 10.9. The average Bonchev–Trinajstić information content (AvgIpc) is 2.77. The number of aliphatic hydroxyl groups excluding tert-OH is 1. The van der Waals surface area contributed by atoms with E-state index in [1.165, 1.54) is 11.8 Å². The molecule has 0 spiro atoms. The summed E-state index contributed by atoms with van der Waals surface area (Å²) < 4.78 is 1.87. The highest BCUT2D eigenvalue weighted by Gasteiger charge is 2.13. The van der Waals surface area contributed by atoms with Gasteiger partial charge in [0.1, 0.15) is 10.7 Å². The number of aliphatic hydroxyl groups is 1. The molecule has 0 fully saturated rings. The third kappa shape index (κ3) is 1.96. The average molecular weight is 258 g/mol. The van der Waals surface area contributed by atoms with Gasteiger partial charge in [-0.2, -0.15) is 0 Å². The van der Waals surface area contributed by atoms with Gasteiger partial charge in [-0.25, -0.2) is 15.0 Å². The van der Waals surface area contributed by atoms with E-state index in [0.717, 1.165) is 16.4 Å². The van der Waals surface area contributed by atoms with E-state index in [-0.39, 0.29) is 6.61 Å². The van der Waals surface area contributed by atoms with Gasteiger partial charge >= 0.3 is 0 Å². The lowest BCUT2D eigenvalue weighted by Crippen LogP contribution is -1.93. The van der Waals surface area contributed by atoms with Crippen molar-refractivity contribution >= 4 is 17.4 Å². The molecule has 0 amide bonds. The summed E-state index contributed by atoms with van der Waals surface area (Å²) in [6.07, 6.45) is 5.25. The lowest BCUT2D eigenvalue weighted by atomic mass is 10.4. The van der Waals surface area contributed by atoms with Crippen LogP contribution in [0.1, 0.15) is 5.69 Å². The summed E-state index contributed by atoms with van der Waals surface area (Å²) in [4.78, 5) is 12.7. The van der Waals surface area contributed by atoms with Crippen LogP contribution in [0, 0.1) is 0 Å². The molecule has 1 N–H and O–H groups in total. The summed E-state index contributed by atoms with van der Waals surface area (Å²) in [6.45, 7) is -0.0691. The Labute approximate surface area is 108 Å². The van der Waals surface area contributed by atoms with Crippen LogP contribution in [0.15, 0.2) is 53.0 Å². The minimum absolute atomic E-state index is 0.0691. The first kappa shape index (κ1) is 11.2. The molecule has 3 aromatic heterocycles. The van der Waals surface area contributed by atoms with E-state index in [1.54, 1.807) is 18.5 Å². The number of pyridine rings is 1. The second-order valence-corrected chi connectivity index (χ2v) is 4.54. The smallest absolute Gasteiger partial charge is 0.193 e. The van der Waals surface area contributed by atoms with Crippen molar-refractivity contribution in [1.29, 1.82) is 0 Å². The first-order valence-electron chi connectivity index (χ1n) is 5.40. The fourth-order valence-electron chi connectivity index (χ4n) is 1.68. The fourth-order valence-corrected chi connectivity index (χ4v) is 2.50. The van der Waals surface area contributed by atoms with Gasteiger partial charge in [0.05, 0.1) is 12.3 Å². The summed E-state index contributed by atoms with van der Waals surface area (Å²) in [7, 11) is 0. The van der Waals surface area contributed by atoms with Gasteiger partial charge in [0.25, 0.3) is 0 Å². The maximum Gasteiger partial charge on any atom is 0.193 e. The highest BCUT2D eigenvalue weighted by molar-refractivity contribution is 7.99. The molecule has 3 rings (SSSR count). The summed E-state index contributed by atoms with van der Waals surface area (Å²) in [5.41, 5.74) is 1.56. The molecule has 0 radical (unpaired) electrons. The third-order valence-electron chi connectivity index (χ3n) is 2.47. The standard InChI is InChI=1S/C12H10N4OS/c17-8-9-11(18-12-13-5-3-6-14-12)15-10-4-1-2-7-16(9)10/h1-7,17H,8H2. The fraction of sp³-hybridized carbons (Fsp3) is 0.0833. The van der Waals surface area contributed by atoms with Crippen LogP contribution in [0.2, 0.25) is 0 Å². The van der Waals surface area contributed by atoms with Crippen molar-refractivity contribution in [2.75, 3.05) is 0 Å². The highest BCUT2D eigenvalue weighted by Crippen LogP contribution is 2.27. The van der Waals surface area contributed by atoms with Gasteiger partial charge in [-0.1, -0.05) is 6.07 Å². The molecule has 0 aliphatic rings. The molecule has 0 atom stereocenters. The zero-order valence-corrected chi connectivity index (χ0v) is 10.2. The second kappa shape index (κ2) is 4.75. The molecule has 90 valence electrons. The maximum atomic E-state index is 9.47. The van der Waals surface area contributed by atoms with Crippen LogP contribution in [-0.2, 0) is 6.61 Å². The van der Waals surface area contributed by atoms with Crippen LogP contribution in [0.4, 0.5) is 0 Å². The summed E-state index contributed by atoms with van der Waals surface area (Å²) in [5, 5.41) is 10.8. The minimum Gasteiger partial charge on any atom is -0.390 e. The largest absolute Gasteiger partial charge is 0.390 e. The Hall–Kier alpha value is -1.92. The Morgan fingerprint density at radius 3 is 2.78 bits per heavy atom. The van der Waals surface area contributed by atoms with E-state index in [9.17, 15) is 5.11 Å². The van der Waals surface area contributed by atoms with Crippen molar-refractivity contribution < 1.29 is 5.11 Å². The van der Waals surface area contributed by atoms with Crippen LogP contribution >= 0.6 is 11.8 Å². The molecule has 3 aromatic rings. The van der Waals surface area contributed by atoms with E-state index in [1.807, 2.05) is 28.8 Å². The van der Waals surface area contributed by atoms with Crippen LogP contribution in [-0.4, -0.2) is 24.5 Å². The van der Waals surface area contributed by atoms with Crippen LogP contribution in [0.5, 0.6) is 0 Å². The molecule has 0 aliphatic heterocycles. The number of imidazole rings is 1. The van der Waals surface area contributed by atoms with E-state index >= 15 is 0 Å². The number of hydrogen-bond acceptors (Lipinski definition) is 5. The molecule has 5 nitrogen and oxygen atoms in total. The molecular weight excluding hydrogens is 248 g/mol. The molecule has 0 aliphatic carbocycles. The predicted molar refractivity (Wildman–Crippen MR) is 67.3 cm³/mol. The Kier molecular flexibility index (Phi) is 2.95. The molecule has 18 heavy (non-hydrogen) atoms. The zero-order chi connectivity index (χ0) is 12.4. The Morgan fingerprint density at radius 1 is 1.17 bits per heavy atom. The predicted octanol–water partition coefficient (Wildman–Crippen LogP) is 1.77. The zero-order valence-electron chi connectivity index (χ0n) is 9.39.